The molecule has 7 heteroatoms. The summed E-state index contributed by atoms with van der Waals surface area (Å²) in [5.41, 5.74) is 0.930. The fraction of sp³-hybridized carbons (Fsp3) is 0.158. The van der Waals surface area contributed by atoms with Crippen LogP contribution in [0.25, 0.3) is 11.4 Å². The summed E-state index contributed by atoms with van der Waals surface area (Å²) >= 11 is 6.03. The number of alkyl halides is 3. The first-order valence-electron chi connectivity index (χ1n) is 7.92. The van der Waals surface area contributed by atoms with Crippen molar-refractivity contribution in [1.29, 1.82) is 0 Å². The number of anilines is 1. The molecule has 0 bridgehead atoms. The first-order valence-corrected chi connectivity index (χ1v) is 8.29. The number of halogens is 4. The van der Waals surface area contributed by atoms with Gasteiger partial charge >= 0.3 is 6.18 Å². The van der Waals surface area contributed by atoms with Gasteiger partial charge < -0.3 is 5.32 Å². The fourth-order valence-electron chi connectivity index (χ4n) is 2.43. The second-order valence-electron chi connectivity index (χ2n) is 5.64. The van der Waals surface area contributed by atoms with E-state index in [1.165, 1.54) is 17.7 Å². The SMILES string of the molecule is FC(F)(F)c1ccc(-c2nc(Cl)cc(NCCc3ccccc3)n2)cc1. The Morgan fingerprint density at radius 2 is 1.62 bits per heavy atom. The van der Waals surface area contributed by atoms with Crippen LogP contribution >= 0.6 is 11.6 Å². The highest BCUT2D eigenvalue weighted by Crippen LogP contribution is 2.30. The van der Waals surface area contributed by atoms with E-state index in [1.54, 1.807) is 6.07 Å². The van der Waals surface area contributed by atoms with Crippen molar-refractivity contribution < 1.29 is 13.2 Å². The van der Waals surface area contributed by atoms with E-state index >= 15 is 0 Å². The molecule has 0 aliphatic heterocycles. The predicted octanol–water partition coefficient (Wildman–Crippen LogP) is 5.47. The normalized spacial score (nSPS) is 11.4. The first kappa shape index (κ1) is 18.2. The highest BCUT2D eigenvalue weighted by Gasteiger charge is 2.30. The zero-order chi connectivity index (χ0) is 18.6. The Hall–Kier alpha value is -2.60. The molecule has 3 aromatic rings. The van der Waals surface area contributed by atoms with E-state index in [0.29, 0.717) is 17.9 Å². The van der Waals surface area contributed by atoms with Crippen molar-refractivity contribution in [2.75, 3.05) is 11.9 Å². The van der Waals surface area contributed by atoms with Crippen molar-refractivity contribution in [3.63, 3.8) is 0 Å². The quantitative estimate of drug-likeness (QED) is 0.599. The standard InChI is InChI=1S/C19H15ClF3N3/c20-16-12-17(24-11-10-13-4-2-1-3-5-13)26-18(25-16)14-6-8-15(9-7-14)19(21,22)23/h1-9,12H,10-11H2,(H,24,25,26). The number of rotatable bonds is 5. The van der Waals surface area contributed by atoms with Gasteiger partial charge in [0.05, 0.1) is 5.56 Å². The summed E-state index contributed by atoms with van der Waals surface area (Å²) in [6.07, 6.45) is -3.57. The minimum absolute atomic E-state index is 0.220. The maximum Gasteiger partial charge on any atom is 0.416 e. The van der Waals surface area contributed by atoms with Crippen molar-refractivity contribution in [3.05, 3.63) is 76.9 Å². The average molecular weight is 378 g/mol. The number of aromatic nitrogens is 2. The molecule has 0 aliphatic carbocycles. The van der Waals surface area contributed by atoms with Gasteiger partial charge in [0.2, 0.25) is 0 Å². The van der Waals surface area contributed by atoms with Gasteiger partial charge in [0.25, 0.3) is 0 Å². The summed E-state index contributed by atoms with van der Waals surface area (Å²) in [6.45, 7) is 0.643. The summed E-state index contributed by atoms with van der Waals surface area (Å²) in [5, 5.41) is 3.38. The van der Waals surface area contributed by atoms with Gasteiger partial charge in [-0.25, -0.2) is 9.97 Å². The number of benzene rings is 2. The molecule has 1 heterocycles. The molecule has 0 aliphatic rings. The van der Waals surface area contributed by atoms with Crippen LogP contribution in [0.5, 0.6) is 0 Å². The molecule has 1 aromatic heterocycles. The maximum absolute atomic E-state index is 12.7. The van der Waals surface area contributed by atoms with E-state index in [1.807, 2.05) is 30.3 Å². The number of nitrogens with one attached hydrogen (secondary N) is 1. The zero-order valence-corrected chi connectivity index (χ0v) is 14.3. The van der Waals surface area contributed by atoms with Gasteiger partial charge in [-0.15, -0.1) is 0 Å². The fourth-order valence-corrected chi connectivity index (χ4v) is 2.61. The lowest BCUT2D eigenvalue weighted by Gasteiger charge is -2.10. The molecule has 0 saturated carbocycles. The zero-order valence-electron chi connectivity index (χ0n) is 13.6. The predicted molar refractivity (Wildman–Crippen MR) is 96.1 cm³/mol. The third-order valence-electron chi connectivity index (χ3n) is 3.73. The largest absolute Gasteiger partial charge is 0.416 e. The highest BCUT2D eigenvalue weighted by molar-refractivity contribution is 6.29. The van der Waals surface area contributed by atoms with Crippen molar-refractivity contribution >= 4 is 17.4 Å². The number of nitrogens with zero attached hydrogens (tertiary/aromatic N) is 2. The monoisotopic (exact) mass is 377 g/mol. The molecular weight excluding hydrogens is 363 g/mol. The Morgan fingerprint density at radius 3 is 2.27 bits per heavy atom. The minimum Gasteiger partial charge on any atom is -0.370 e. The number of hydrogen-bond donors (Lipinski definition) is 1. The maximum atomic E-state index is 12.7. The molecule has 0 atom stereocenters. The van der Waals surface area contributed by atoms with E-state index in [2.05, 4.69) is 15.3 Å². The van der Waals surface area contributed by atoms with Crippen LogP contribution in [0.2, 0.25) is 5.15 Å². The first-order chi connectivity index (χ1) is 12.4. The van der Waals surface area contributed by atoms with Gasteiger partial charge in [-0.05, 0) is 24.1 Å². The third kappa shape index (κ3) is 4.73. The van der Waals surface area contributed by atoms with E-state index < -0.39 is 11.7 Å². The molecule has 26 heavy (non-hydrogen) atoms. The van der Waals surface area contributed by atoms with Crippen LogP contribution in [0.4, 0.5) is 19.0 Å². The van der Waals surface area contributed by atoms with Crippen molar-refractivity contribution in [1.82, 2.24) is 9.97 Å². The molecule has 0 unspecified atom stereocenters. The molecule has 0 spiro atoms. The van der Waals surface area contributed by atoms with Crippen molar-refractivity contribution in [3.8, 4) is 11.4 Å². The van der Waals surface area contributed by atoms with Crippen LogP contribution in [0.1, 0.15) is 11.1 Å². The van der Waals surface area contributed by atoms with E-state index in [0.717, 1.165) is 18.6 Å². The molecule has 0 saturated heterocycles. The van der Waals surface area contributed by atoms with E-state index in [4.69, 9.17) is 11.6 Å². The summed E-state index contributed by atoms with van der Waals surface area (Å²) in [7, 11) is 0. The Morgan fingerprint density at radius 1 is 0.923 bits per heavy atom. The molecule has 0 radical (unpaired) electrons. The Kier molecular flexibility index (Phi) is 5.42. The molecule has 2 aromatic carbocycles. The molecule has 0 amide bonds. The van der Waals surface area contributed by atoms with Gasteiger partial charge in [0, 0.05) is 18.2 Å². The summed E-state index contributed by atoms with van der Waals surface area (Å²) in [5.74, 6) is 0.796. The van der Waals surface area contributed by atoms with Gasteiger partial charge in [0.1, 0.15) is 11.0 Å². The number of hydrogen-bond acceptors (Lipinski definition) is 3. The van der Waals surface area contributed by atoms with E-state index in [9.17, 15) is 13.2 Å². The Labute approximate surface area is 153 Å². The second-order valence-corrected chi connectivity index (χ2v) is 6.02. The highest BCUT2D eigenvalue weighted by atomic mass is 35.5. The van der Waals surface area contributed by atoms with Crippen LogP contribution in [-0.2, 0) is 12.6 Å². The minimum atomic E-state index is -4.38. The van der Waals surface area contributed by atoms with Crippen LogP contribution in [-0.4, -0.2) is 16.5 Å². The van der Waals surface area contributed by atoms with Crippen LogP contribution in [0.15, 0.2) is 60.7 Å². The summed E-state index contributed by atoms with van der Waals surface area (Å²) in [6, 6.07) is 16.2. The smallest absolute Gasteiger partial charge is 0.370 e. The van der Waals surface area contributed by atoms with Crippen LogP contribution in [0, 0.1) is 0 Å². The van der Waals surface area contributed by atoms with Gasteiger partial charge in [-0.3, -0.25) is 0 Å². The molecule has 3 nitrogen and oxygen atoms in total. The molecule has 1 N–H and O–H groups in total. The van der Waals surface area contributed by atoms with E-state index in [-0.39, 0.29) is 11.0 Å². The Bertz CT molecular complexity index is 865. The van der Waals surface area contributed by atoms with Gasteiger partial charge in [-0.2, -0.15) is 13.2 Å². The third-order valence-corrected chi connectivity index (χ3v) is 3.92. The van der Waals surface area contributed by atoms with Gasteiger partial charge in [-0.1, -0.05) is 54.1 Å². The van der Waals surface area contributed by atoms with Crippen molar-refractivity contribution in [2.45, 2.75) is 12.6 Å². The van der Waals surface area contributed by atoms with Crippen LogP contribution in [0.3, 0.4) is 0 Å². The van der Waals surface area contributed by atoms with Gasteiger partial charge in [0.15, 0.2) is 5.82 Å². The van der Waals surface area contributed by atoms with Crippen molar-refractivity contribution in [2.24, 2.45) is 0 Å². The van der Waals surface area contributed by atoms with Crippen LogP contribution < -0.4 is 5.32 Å². The lowest BCUT2D eigenvalue weighted by molar-refractivity contribution is -0.137. The summed E-state index contributed by atoms with van der Waals surface area (Å²) < 4.78 is 38.0. The second kappa shape index (κ2) is 7.74. The average Bonchev–Trinajstić information content (AvgIpc) is 2.62. The molecule has 3 rings (SSSR count). The molecule has 0 fully saturated rings. The Balaban J connectivity index is 1.73. The lowest BCUT2D eigenvalue weighted by atomic mass is 10.1. The topological polar surface area (TPSA) is 37.8 Å². The summed E-state index contributed by atoms with van der Waals surface area (Å²) in [4.78, 5) is 8.43. The lowest BCUT2D eigenvalue weighted by Crippen LogP contribution is -2.07. The molecular formula is C19H15ClF3N3. The molecule has 134 valence electrons.